The first kappa shape index (κ1) is 16.9. The van der Waals surface area contributed by atoms with E-state index in [1.54, 1.807) is 18.4 Å². The highest BCUT2D eigenvalue weighted by Crippen LogP contribution is 2.22. The van der Waals surface area contributed by atoms with Gasteiger partial charge in [-0.3, -0.25) is 4.21 Å². The second kappa shape index (κ2) is 7.05. The van der Waals surface area contributed by atoms with Gasteiger partial charge in [0.15, 0.2) is 0 Å². The summed E-state index contributed by atoms with van der Waals surface area (Å²) in [5.41, 5.74) is 6.69. The Bertz CT molecular complexity index is 588. The summed E-state index contributed by atoms with van der Waals surface area (Å²) < 4.78 is 36.8. The predicted octanol–water partition coefficient (Wildman–Crippen LogP) is 0.746. The number of nitrogen functional groups attached to an aromatic ring is 1. The zero-order valence-corrected chi connectivity index (χ0v) is 13.5. The minimum absolute atomic E-state index is 0.0635. The van der Waals surface area contributed by atoms with Crippen LogP contribution >= 0.6 is 0 Å². The molecule has 0 spiro atoms. The highest BCUT2D eigenvalue weighted by molar-refractivity contribution is 7.89. The minimum atomic E-state index is -3.53. The molecule has 0 heterocycles. The van der Waals surface area contributed by atoms with Crippen LogP contribution < -0.4 is 15.8 Å². The first-order valence-electron chi connectivity index (χ1n) is 6.17. The van der Waals surface area contributed by atoms with Crippen molar-refractivity contribution >= 4 is 32.2 Å². The molecule has 2 unspecified atom stereocenters. The first-order chi connectivity index (χ1) is 9.27. The minimum Gasteiger partial charge on any atom is -0.398 e. The van der Waals surface area contributed by atoms with Crippen LogP contribution in [-0.4, -0.2) is 37.7 Å². The van der Waals surface area contributed by atoms with Gasteiger partial charge in [-0.1, -0.05) is 6.92 Å². The van der Waals surface area contributed by atoms with E-state index in [4.69, 9.17) is 5.73 Å². The molecule has 0 aliphatic rings. The summed E-state index contributed by atoms with van der Waals surface area (Å²) in [4.78, 5) is 0.0635. The average Bonchev–Trinajstić information content (AvgIpc) is 2.38. The lowest BCUT2D eigenvalue weighted by molar-refractivity contribution is 0.588. The van der Waals surface area contributed by atoms with Crippen LogP contribution in [0.5, 0.6) is 0 Å². The molecule has 4 N–H and O–H groups in total. The fraction of sp³-hybridized carbons (Fsp3) is 0.500. The van der Waals surface area contributed by atoms with Gasteiger partial charge in [0.05, 0.1) is 5.69 Å². The third-order valence-electron chi connectivity index (χ3n) is 3.01. The molecule has 20 heavy (non-hydrogen) atoms. The van der Waals surface area contributed by atoms with E-state index in [2.05, 4.69) is 10.0 Å². The molecule has 1 rings (SSSR count). The van der Waals surface area contributed by atoms with Crippen molar-refractivity contribution in [2.75, 3.05) is 30.9 Å². The van der Waals surface area contributed by atoms with E-state index >= 15 is 0 Å². The normalized spacial score (nSPS) is 14.8. The lowest BCUT2D eigenvalue weighted by Crippen LogP contribution is -2.20. The maximum absolute atomic E-state index is 11.7. The Morgan fingerprint density at radius 2 is 2.05 bits per heavy atom. The molecule has 8 heteroatoms. The first-order valence-corrected chi connectivity index (χ1v) is 9.27. The van der Waals surface area contributed by atoms with Crippen LogP contribution in [0, 0.1) is 0 Å². The third-order valence-corrected chi connectivity index (χ3v) is 5.87. The summed E-state index contributed by atoms with van der Waals surface area (Å²) in [5, 5.41) is 3.25. The molecule has 114 valence electrons. The van der Waals surface area contributed by atoms with Gasteiger partial charge in [-0.05, 0) is 31.7 Å². The molecule has 0 aliphatic heterocycles. The lowest BCUT2D eigenvalue weighted by Gasteiger charge is -2.12. The maximum atomic E-state index is 11.7. The molecule has 0 saturated heterocycles. The van der Waals surface area contributed by atoms with Crippen LogP contribution in [0.4, 0.5) is 11.4 Å². The largest absolute Gasteiger partial charge is 0.398 e. The Labute approximate surface area is 122 Å². The highest BCUT2D eigenvalue weighted by atomic mass is 32.2. The van der Waals surface area contributed by atoms with Crippen molar-refractivity contribution in [3.8, 4) is 0 Å². The lowest BCUT2D eigenvalue weighted by atomic mass is 10.2. The van der Waals surface area contributed by atoms with Crippen molar-refractivity contribution in [2.45, 2.75) is 23.5 Å². The Morgan fingerprint density at radius 3 is 2.55 bits per heavy atom. The van der Waals surface area contributed by atoms with Crippen molar-refractivity contribution in [1.29, 1.82) is 0 Å². The number of benzene rings is 1. The smallest absolute Gasteiger partial charge is 0.242 e. The van der Waals surface area contributed by atoms with Crippen LogP contribution in [0.2, 0.25) is 0 Å². The van der Waals surface area contributed by atoms with E-state index in [1.165, 1.54) is 13.1 Å². The predicted molar refractivity (Wildman–Crippen MR) is 83.7 cm³/mol. The Hall–Kier alpha value is -1.12. The third kappa shape index (κ3) is 4.46. The van der Waals surface area contributed by atoms with Gasteiger partial charge in [0.25, 0.3) is 0 Å². The molecule has 6 nitrogen and oxygen atoms in total. The van der Waals surface area contributed by atoms with Gasteiger partial charge in [-0.2, -0.15) is 0 Å². The molecular weight excluding hydrogens is 298 g/mol. The molecule has 0 amide bonds. The van der Waals surface area contributed by atoms with Crippen LogP contribution in [0.25, 0.3) is 0 Å². The van der Waals surface area contributed by atoms with E-state index in [9.17, 15) is 12.6 Å². The molecular formula is C12H21N3O3S2. The number of sulfonamides is 1. The van der Waals surface area contributed by atoms with Crippen molar-refractivity contribution in [1.82, 2.24) is 4.72 Å². The second-order valence-corrected chi connectivity index (χ2v) is 8.14. The summed E-state index contributed by atoms with van der Waals surface area (Å²) >= 11 is 0. The van der Waals surface area contributed by atoms with E-state index in [1.807, 2.05) is 6.92 Å². The Kier molecular flexibility index (Phi) is 5.97. The van der Waals surface area contributed by atoms with Crippen molar-refractivity contribution in [3.63, 3.8) is 0 Å². The quantitative estimate of drug-likeness (QED) is 0.644. The van der Waals surface area contributed by atoms with E-state index < -0.39 is 20.8 Å². The van der Waals surface area contributed by atoms with Gasteiger partial charge < -0.3 is 11.1 Å². The number of nitrogens with two attached hydrogens (primary N) is 1. The Morgan fingerprint density at radius 1 is 1.40 bits per heavy atom. The summed E-state index contributed by atoms with van der Waals surface area (Å²) in [6, 6.07) is 4.71. The molecule has 2 atom stereocenters. The molecule has 0 aliphatic carbocycles. The molecule has 0 radical (unpaired) electrons. The van der Waals surface area contributed by atoms with Gasteiger partial charge >= 0.3 is 0 Å². The molecule has 1 aromatic rings. The van der Waals surface area contributed by atoms with Gasteiger partial charge in [0, 0.05) is 34.5 Å². The van der Waals surface area contributed by atoms with E-state index in [0.29, 0.717) is 6.54 Å². The summed E-state index contributed by atoms with van der Waals surface area (Å²) in [6.07, 6.45) is 2.44. The SMILES string of the molecule is CNS(=O)(=O)c1ccc(NCCC(C)S(C)=O)cc1N. The van der Waals surface area contributed by atoms with Gasteiger partial charge in [0.1, 0.15) is 4.90 Å². The van der Waals surface area contributed by atoms with Crippen molar-refractivity contribution < 1.29 is 12.6 Å². The van der Waals surface area contributed by atoms with Crippen molar-refractivity contribution in [2.24, 2.45) is 0 Å². The molecule has 1 aromatic carbocycles. The molecule has 0 bridgehead atoms. The number of hydrogen-bond acceptors (Lipinski definition) is 5. The zero-order chi connectivity index (χ0) is 15.3. The summed E-state index contributed by atoms with van der Waals surface area (Å²) in [7, 11) is -3.03. The molecule has 0 saturated carbocycles. The summed E-state index contributed by atoms with van der Waals surface area (Å²) in [6.45, 7) is 2.58. The fourth-order valence-electron chi connectivity index (χ4n) is 1.60. The van der Waals surface area contributed by atoms with E-state index in [-0.39, 0.29) is 15.8 Å². The number of nitrogens with one attached hydrogen (secondary N) is 2. The maximum Gasteiger partial charge on any atom is 0.242 e. The van der Waals surface area contributed by atoms with Crippen molar-refractivity contribution in [3.05, 3.63) is 18.2 Å². The fourth-order valence-corrected chi connectivity index (χ4v) is 2.88. The van der Waals surface area contributed by atoms with Crippen LogP contribution in [0.3, 0.4) is 0 Å². The van der Waals surface area contributed by atoms with Crippen LogP contribution in [0.15, 0.2) is 23.1 Å². The highest BCUT2D eigenvalue weighted by Gasteiger charge is 2.15. The number of anilines is 2. The number of hydrogen-bond donors (Lipinski definition) is 3. The summed E-state index contributed by atoms with van der Waals surface area (Å²) in [5.74, 6) is 0. The number of rotatable bonds is 7. The zero-order valence-electron chi connectivity index (χ0n) is 11.8. The van der Waals surface area contributed by atoms with E-state index in [0.717, 1.165) is 12.1 Å². The van der Waals surface area contributed by atoms with Gasteiger partial charge in [-0.25, -0.2) is 13.1 Å². The van der Waals surface area contributed by atoms with Gasteiger partial charge in [0.2, 0.25) is 10.0 Å². The van der Waals surface area contributed by atoms with Gasteiger partial charge in [-0.15, -0.1) is 0 Å². The topological polar surface area (TPSA) is 101 Å². The Balaban J connectivity index is 2.72. The standard InChI is InChI=1S/C12H21N3O3S2/c1-9(19(3)16)6-7-15-10-4-5-12(11(13)8-10)20(17,18)14-2/h4-5,8-9,14-15H,6-7,13H2,1-3H3. The van der Waals surface area contributed by atoms with Crippen LogP contribution in [-0.2, 0) is 20.8 Å². The van der Waals surface area contributed by atoms with Crippen LogP contribution in [0.1, 0.15) is 13.3 Å². The molecule has 0 fully saturated rings. The monoisotopic (exact) mass is 319 g/mol. The molecule has 0 aromatic heterocycles. The average molecular weight is 319 g/mol. The second-order valence-electron chi connectivity index (χ2n) is 4.48.